The van der Waals surface area contributed by atoms with E-state index in [1.807, 2.05) is 12.3 Å². The quantitative estimate of drug-likeness (QED) is 0.812. The molecular weight excluding hydrogens is 288 g/mol. The van der Waals surface area contributed by atoms with E-state index in [2.05, 4.69) is 23.1 Å². The molecule has 4 rings (SSSR count). The molecule has 3 heterocycles. The summed E-state index contributed by atoms with van der Waals surface area (Å²) in [6.07, 6.45) is 2.84. The molecule has 1 aromatic heterocycles. The molecule has 21 heavy (non-hydrogen) atoms. The maximum Gasteiger partial charge on any atom is 0.116 e. The second kappa shape index (κ2) is 6.08. The average molecular weight is 307 g/mol. The normalized spacial score (nSPS) is 22.2. The molecule has 5 heteroatoms. The molecular formula is C16H19ClN2O2. The monoisotopic (exact) mass is 306 g/mol. The number of halogens is 1. The molecule has 1 unspecified atom stereocenters. The third kappa shape index (κ3) is 2.65. The van der Waals surface area contributed by atoms with E-state index in [9.17, 15) is 0 Å². The summed E-state index contributed by atoms with van der Waals surface area (Å²) in [4.78, 5) is 7.09. The van der Waals surface area contributed by atoms with Gasteiger partial charge in [0, 0.05) is 36.2 Å². The van der Waals surface area contributed by atoms with Crippen molar-refractivity contribution in [2.75, 3.05) is 32.8 Å². The minimum atomic E-state index is 0. The van der Waals surface area contributed by atoms with Crippen molar-refractivity contribution in [1.82, 2.24) is 4.90 Å². The van der Waals surface area contributed by atoms with Crippen LogP contribution in [-0.4, -0.2) is 43.6 Å². The average Bonchev–Trinajstić information content (AvgIpc) is 3.14. The third-order valence-electron chi connectivity index (χ3n) is 4.21. The molecule has 2 aromatic rings. The lowest BCUT2D eigenvalue weighted by molar-refractivity contribution is 0.0674. The first kappa shape index (κ1) is 14.4. The van der Waals surface area contributed by atoms with Crippen LogP contribution in [0.1, 0.15) is 18.1 Å². The van der Waals surface area contributed by atoms with Gasteiger partial charge in [0.1, 0.15) is 5.76 Å². The first-order valence-corrected chi connectivity index (χ1v) is 7.24. The van der Waals surface area contributed by atoms with Crippen molar-refractivity contribution in [2.24, 2.45) is 4.99 Å². The number of hydrogen-bond donors (Lipinski definition) is 0. The van der Waals surface area contributed by atoms with Gasteiger partial charge in [0.15, 0.2) is 0 Å². The Morgan fingerprint density at radius 1 is 1.14 bits per heavy atom. The van der Waals surface area contributed by atoms with E-state index in [1.54, 1.807) is 0 Å². The second-order valence-corrected chi connectivity index (χ2v) is 5.44. The Balaban J connectivity index is 0.00000132. The zero-order valence-electron chi connectivity index (χ0n) is 11.8. The topological polar surface area (TPSA) is 38.0 Å². The van der Waals surface area contributed by atoms with E-state index >= 15 is 0 Å². The van der Waals surface area contributed by atoms with Crippen molar-refractivity contribution < 1.29 is 9.15 Å². The van der Waals surface area contributed by atoms with Crippen molar-refractivity contribution >= 4 is 29.0 Å². The van der Waals surface area contributed by atoms with Crippen LogP contribution in [-0.2, 0) is 4.74 Å². The summed E-state index contributed by atoms with van der Waals surface area (Å²) in [5, 5.41) is 2.42. The smallest absolute Gasteiger partial charge is 0.116 e. The lowest BCUT2D eigenvalue weighted by Gasteiger charge is -2.28. The highest BCUT2D eigenvalue weighted by Gasteiger charge is 2.28. The number of nitrogens with zero attached hydrogens (tertiary/aromatic N) is 2. The Morgan fingerprint density at radius 3 is 2.81 bits per heavy atom. The number of rotatable bonds is 1. The number of aliphatic imine (C=N–C) groups is 1. The summed E-state index contributed by atoms with van der Waals surface area (Å²) in [6, 6.07) is 8.36. The standard InChI is InChI=1S/C16H18N2O2.ClH/c1-2-4-14-12(3-1)11-20-16(14)13-9-15(17-10-13)18-5-7-19-8-6-18;/h1-4,11,13H,5-10H2;1H. The Bertz CT molecular complexity index is 647. The van der Waals surface area contributed by atoms with Crippen LogP contribution in [0.3, 0.4) is 0 Å². The zero-order valence-corrected chi connectivity index (χ0v) is 12.6. The molecule has 2 aliphatic heterocycles. The lowest BCUT2D eigenvalue weighted by Crippen LogP contribution is -2.40. The van der Waals surface area contributed by atoms with Crippen LogP contribution in [0.15, 0.2) is 39.9 Å². The molecule has 0 spiro atoms. The molecule has 1 atom stereocenters. The Kier molecular flexibility index (Phi) is 4.17. The van der Waals surface area contributed by atoms with E-state index in [4.69, 9.17) is 14.1 Å². The van der Waals surface area contributed by atoms with Crippen LogP contribution in [0.4, 0.5) is 0 Å². The second-order valence-electron chi connectivity index (χ2n) is 5.44. The SMILES string of the molecule is Cl.c1ccc2c(C3CN=C(N4CCOCC4)C3)occ2c1. The maximum atomic E-state index is 5.82. The first-order chi connectivity index (χ1) is 9.92. The number of morpholine rings is 1. The van der Waals surface area contributed by atoms with Crippen LogP contribution in [0, 0.1) is 0 Å². The summed E-state index contributed by atoms with van der Waals surface area (Å²) in [5.74, 6) is 2.69. The van der Waals surface area contributed by atoms with E-state index < -0.39 is 0 Å². The number of amidine groups is 1. The summed E-state index contributed by atoms with van der Waals surface area (Å²) in [6.45, 7) is 4.39. The van der Waals surface area contributed by atoms with Crippen LogP contribution in [0.25, 0.3) is 10.8 Å². The van der Waals surface area contributed by atoms with Gasteiger partial charge in [-0.1, -0.05) is 24.3 Å². The molecule has 1 saturated heterocycles. The van der Waals surface area contributed by atoms with Crippen molar-refractivity contribution in [2.45, 2.75) is 12.3 Å². The zero-order chi connectivity index (χ0) is 13.4. The molecule has 0 N–H and O–H groups in total. The van der Waals surface area contributed by atoms with Gasteiger partial charge in [0.25, 0.3) is 0 Å². The van der Waals surface area contributed by atoms with Crippen LogP contribution in [0.5, 0.6) is 0 Å². The molecule has 0 saturated carbocycles. The fourth-order valence-electron chi connectivity index (χ4n) is 3.12. The highest BCUT2D eigenvalue weighted by atomic mass is 35.5. The van der Waals surface area contributed by atoms with Crippen LogP contribution >= 0.6 is 12.4 Å². The molecule has 2 aliphatic rings. The Morgan fingerprint density at radius 2 is 1.95 bits per heavy atom. The molecule has 0 amide bonds. The van der Waals surface area contributed by atoms with Gasteiger partial charge in [-0.2, -0.15) is 0 Å². The third-order valence-corrected chi connectivity index (χ3v) is 4.21. The molecule has 112 valence electrons. The number of fused-ring (bicyclic) bond motifs is 1. The number of benzene rings is 1. The molecule has 1 fully saturated rings. The molecule has 0 bridgehead atoms. The Labute approximate surface area is 130 Å². The van der Waals surface area contributed by atoms with E-state index in [0.717, 1.165) is 45.0 Å². The van der Waals surface area contributed by atoms with E-state index in [1.165, 1.54) is 16.6 Å². The van der Waals surface area contributed by atoms with Crippen molar-refractivity contribution in [3.05, 3.63) is 36.3 Å². The van der Waals surface area contributed by atoms with Gasteiger partial charge < -0.3 is 14.1 Å². The van der Waals surface area contributed by atoms with Crippen molar-refractivity contribution in [3.63, 3.8) is 0 Å². The van der Waals surface area contributed by atoms with Gasteiger partial charge in [0.2, 0.25) is 0 Å². The van der Waals surface area contributed by atoms with Gasteiger partial charge in [-0.3, -0.25) is 4.99 Å². The fraction of sp³-hybridized carbons (Fsp3) is 0.438. The van der Waals surface area contributed by atoms with E-state index in [-0.39, 0.29) is 12.4 Å². The van der Waals surface area contributed by atoms with Gasteiger partial charge in [0.05, 0.1) is 31.9 Å². The highest BCUT2D eigenvalue weighted by Crippen LogP contribution is 2.33. The molecule has 0 radical (unpaired) electrons. The minimum absolute atomic E-state index is 0. The number of furan rings is 1. The lowest BCUT2D eigenvalue weighted by atomic mass is 10.0. The van der Waals surface area contributed by atoms with Crippen LogP contribution in [0.2, 0.25) is 0 Å². The predicted molar refractivity (Wildman–Crippen MR) is 85.5 cm³/mol. The van der Waals surface area contributed by atoms with Gasteiger partial charge in [-0.15, -0.1) is 12.4 Å². The summed E-state index contributed by atoms with van der Waals surface area (Å²) < 4.78 is 11.2. The summed E-state index contributed by atoms with van der Waals surface area (Å²) in [5.41, 5.74) is 0. The fourth-order valence-corrected chi connectivity index (χ4v) is 3.12. The van der Waals surface area contributed by atoms with Gasteiger partial charge in [-0.05, 0) is 0 Å². The molecule has 0 aliphatic carbocycles. The van der Waals surface area contributed by atoms with Crippen molar-refractivity contribution in [3.8, 4) is 0 Å². The largest absolute Gasteiger partial charge is 0.468 e. The van der Waals surface area contributed by atoms with Gasteiger partial charge >= 0.3 is 0 Å². The van der Waals surface area contributed by atoms with Crippen LogP contribution < -0.4 is 0 Å². The highest BCUT2D eigenvalue weighted by molar-refractivity contribution is 5.88. The predicted octanol–water partition coefficient (Wildman–Crippen LogP) is 3.07. The van der Waals surface area contributed by atoms with Gasteiger partial charge in [-0.25, -0.2) is 0 Å². The number of ether oxygens (including phenoxy) is 1. The van der Waals surface area contributed by atoms with Crippen molar-refractivity contribution in [1.29, 1.82) is 0 Å². The first-order valence-electron chi connectivity index (χ1n) is 7.24. The Hall–Kier alpha value is -1.52. The summed E-state index contributed by atoms with van der Waals surface area (Å²) >= 11 is 0. The molecule has 1 aromatic carbocycles. The number of hydrogen-bond acceptors (Lipinski definition) is 4. The maximum absolute atomic E-state index is 5.82. The van der Waals surface area contributed by atoms with E-state index in [0.29, 0.717) is 5.92 Å². The molecule has 4 nitrogen and oxygen atoms in total. The minimum Gasteiger partial charge on any atom is -0.468 e. The summed E-state index contributed by atoms with van der Waals surface area (Å²) in [7, 11) is 0.